The van der Waals surface area contributed by atoms with E-state index in [1.807, 2.05) is 25.1 Å². The van der Waals surface area contributed by atoms with E-state index in [9.17, 15) is 4.79 Å². The molecule has 0 aliphatic heterocycles. The van der Waals surface area contributed by atoms with Gasteiger partial charge in [0, 0.05) is 6.42 Å². The van der Waals surface area contributed by atoms with Gasteiger partial charge in [-0.25, -0.2) is 4.98 Å². The molecule has 0 amide bonds. The van der Waals surface area contributed by atoms with Crippen molar-refractivity contribution in [1.29, 1.82) is 0 Å². The molecule has 0 spiro atoms. The molecule has 0 unspecified atom stereocenters. The Balaban J connectivity index is 2.38. The van der Waals surface area contributed by atoms with Crippen LogP contribution in [0.15, 0.2) is 22.6 Å². The fourth-order valence-electron chi connectivity index (χ4n) is 1.66. The molecule has 0 saturated heterocycles. The lowest BCUT2D eigenvalue weighted by Crippen LogP contribution is -2.26. The van der Waals surface area contributed by atoms with Crippen molar-refractivity contribution in [3.8, 4) is 0 Å². The molecule has 1 aromatic carbocycles. The number of hydrogen-bond acceptors (Lipinski definition) is 3. The van der Waals surface area contributed by atoms with Gasteiger partial charge < -0.3 is 9.52 Å². The van der Waals surface area contributed by atoms with Gasteiger partial charge in [0.15, 0.2) is 11.5 Å². The Morgan fingerprint density at radius 3 is 2.76 bits per heavy atom. The second kappa shape index (κ2) is 3.87. The lowest BCUT2D eigenvalue weighted by Gasteiger charge is -2.15. The van der Waals surface area contributed by atoms with Crippen molar-refractivity contribution in [1.82, 2.24) is 4.98 Å². The monoisotopic (exact) mass is 233 g/mol. The number of carbonyl (C=O) groups is 1. The summed E-state index contributed by atoms with van der Waals surface area (Å²) in [6.45, 7) is 5.28. The summed E-state index contributed by atoms with van der Waals surface area (Å²) in [7, 11) is 0. The predicted molar refractivity (Wildman–Crippen MR) is 63.9 cm³/mol. The lowest BCUT2D eigenvalue weighted by atomic mass is 9.90. The van der Waals surface area contributed by atoms with Gasteiger partial charge in [-0.2, -0.15) is 0 Å². The smallest absolute Gasteiger partial charge is 0.309 e. The number of aromatic nitrogens is 1. The number of aliphatic carboxylic acids is 1. The minimum absolute atomic E-state index is 0.288. The molecule has 2 aromatic rings. The Morgan fingerprint density at radius 2 is 2.18 bits per heavy atom. The third kappa shape index (κ3) is 2.16. The minimum atomic E-state index is -0.866. The summed E-state index contributed by atoms with van der Waals surface area (Å²) in [5, 5.41) is 9.06. The first kappa shape index (κ1) is 11.6. The summed E-state index contributed by atoms with van der Waals surface area (Å²) in [5.74, 6) is -0.377. The van der Waals surface area contributed by atoms with Gasteiger partial charge in [0.25, 0.3) is 0 Å². The average Bonchev–Trinajstić information content (AvgIpc) is 2.60. The predicted octanol–water partition coefficient (Wildman–Crippen LogP) is 2.79. The molecular formula is C13H15NO3. The van der Waals surface area contributed by atoms with Gasteiger partial charge in [-0.3, -0.25) is 4.79 Å². The van der Waals surface area contributed by atoms with Gasteiger partial charge in [-0.1, -0.05) is 12.1 Å². The van der Waals surface area contributed by atoms with Crippen molar-refractivity contribution in [2.24, 2.45) is 5.41 Å². The molecule has 17 heavy (non-hydrogen) atoms. The van der Waals surface area contributed by atoms with Crippen molar-refractivity contribution in [3.05, 3.63) is 29.7 Å². The zero-order valence-electron chi connectivity index (χ0n) is 10.2. The maximum Gasteiger partial charge on any atom is 0.309 e. The number of aryl methyl sites for hydroxylation is 1. The molecular weight excluding hydrogens is 218 g/mol. The van der Waals surface area contributed by atoms with Crippen LogP contribution in [0.4, 0.5) is 0 Å². The van der Waals surface area contributed by atoms with Crippen LogP contribution in [0, 0.1) is 12.3 Å². The average molecular weight is 233 g/mol. The number of oxazole rings is 1. The third-order valence-electron chi connectivity index (χ3n) is 2.84. The zero-order valence-corrected chi connectivity index (χ0v) is 10.2. The number of carboxylic acid groups (broad SMARTS) is 1. The van der Waals surface area contributed by atoms with E-state index in [-0.39, 0.29) is 6.42 Å². The number of benzene rings is 1. The van der Waals surface area contributed by atoms with Crippen LogP contribution < -0.4 is 0 Å². The van der Waals surface area contributed by atoms with E-state index in [0.717, 1.165) is 11.1 Å². The maximum atomic E-state index is 11.0. The van der Waals surface area contributed by atoms with Crippen LogP contribution >= 0.6 is 0 Å². The Labute approximate surface area is 99.3 Å². The van der Waals surface area contributed by atoms with Gasteiger partial charge in [0.2, 0.25) is 0 Å². The van der Waals surface area contributed by atoms with E-state index >= 15 is 0 Å². The summed E-state index contributed by atoms with van der Waals surface area (Å²) >= 11 is 0. The number of carboxylic acids is 1. The zero-order chi connectivity index (χ0) is 12.6. The van der Waals surface area contributed by atoms with Crippen LogP contribution in [0.5, 0.6) is 0 Å². The highest BCUT2D eigenvalue weighted by molar-refractivity contribution is 5.77. The van der Waals surface area contributed by atoms with Crippen LogP contribution in [-0.4, -0.2) is 16.1 Å². The SMILES string of the molecule is Cc1cccc2oc(CC(C)(C)C(=O)O)nc12. The van der Waals surface area contributed by atoms with E-state index in [1.165, 1.54) is 0 Å². The first-order chi connectivity index (χ1) is 7.90. The van der Waals surface area contributed by atoms with Crippen LogP contribution in [0.25, 0.3) is 11.1 Å². The highest BCUT2D eigenvalue weighted by Gasteiger charge is 2.29. The van der Waals surface area contributed by atoms with Crippen molar-refractivity contribution < 1.29 is 14.3 Å². The second-order valence-electron chi connectivity index (χ2n) is 4.90. The Hall–Kier alpha value is -1.84. The van der Waals surface area contributed by atoms with E-state index < -0.39 is 11.4 Å². The van der Waals surface area contributed by atoms with Gasteiger partial charge >= 0.3 is 5.97 Å². The number of para-hydroxylation sites is 1. The highest BCUT2D eigenvalue weighted by Crippen LogP contribution is 2.25. The van der Waals surface area contributed by atoms with Crippen LogP contribution in [-0.2, 0) is 11.2 Å². The standard InChI is InChI=1S/C13H15NO3/c1-8-5-4-6-9-11(8)14-10(17-9)7-13(2,3)12(15)16/h4-6H,7H2,1-3H3,(H,15,16). The molecule has 0 bridgehead atoms. The summed E-state index contributed by atoms with van der Waals surface area (Å²) in [4.78, 5) is 15.4. The fourth-order valence-corrected chi connectivity index (χ4v) is 1.66. The molecule has 1 aromatic heterocycles. The van der Waals surface area contributed by atoms with E-state index in [4.69, 9.17) is 9.52 Å². The largest absolute Gasteiger partial charge is 0.481 e. The number of fused-ring (bicyclic) bond motifs is 1. The van der Waals surface area contributed by atoms with Gasteiger partial charge in [0.05, 0.1) is 5.41 Å². The molecule has 0 fully saturated rings. The minimum Gasteiger partial charge on any atom is -0.481 e. The molecule has 0 aliphatic carbocycles. The maximum absolute atomic E-state index is 11.0. The Kier molecular flexibility index (Phi) is 2.65. The third-order valence-corrected chi connectivity index (χ3v) is 2.84. The Morgan fingerprint density at radius 1 is 1.47 bits per heavy atom. The molecule has 0 atom stereocenters. The summed E-state index contributed by atoms with van der Waals surface area (Å²) in [6, 6.07) is 5.69. The fraction of sp³-hybridized carbons (Fsp3) is 0.385. The normalized spacial score (nSPS) is 11.9. The first-order valence-corrected chi connectivity index (χ1v) is 5.48. The first-order valence-electron chi connectivity index (χ1n) is 5.48. The quantitative estimate of drug-likeness (QED) is 0.885. The van der Waals surface area contributed by atoms with Crippen LogP contribution in [0.1, 0.15) is 25.3 Å². The molecule has 1 N–H and O–H groups in total. The van der Waals surface area contributed by atoms with Gasteiger partial charge in [0.1, 0.15) is 5.52 Å². The molecule has 0 radical (unpaired) electrons. The number of rotatable bonds is 3. The van der Waals surface area contributed by atoms with Gasteiger partial charge in [-0.05, 0) is 32.4 Å². The summed E-state index contributed by atoms with van der Waals surface area (Å²) in [6.07, 6.45) is 0.288. The highest BCUT2D eigenvalue weighted by atomic mass is 16.4. The second-order valence-corrected chi connectivity index (χ2v) is 4.90. The molecule has 0 aliphatic rings. The summed E-state index contributed by atoms with van der Waals surface area (Å²) in [5.41, 5.74) is 1.69. The van der Waals surface area contributed by atoms with Crippen LogP contribution in [0.2, 0.25) is 0 Å². The van der Waals surface area contributed by atoms with Gasteiger partial charge in [-0.15, -0.1) is 0 Å². The molecule has 1 heterocycles. The molecule has 2 rings (SSSR count). The Bertz CT molecular complexity index is 569. The van der Waals surface area contributed by atoms with Crippen molar-refractivity contribution >= 4 is 17.1 Å². The lowest BCUT2D eigenvalue weighted by molar-refractivity contribution is -0.147. The molecule has 4 nitrogen and oxygen atoms in total. The van der Waals surface area contributed by atoms with Crippen molar-refractivity contribution in [2.75, 3.05) is 0 Å². The molecule has 4 heteroatoms. The van der Waals surface area contributed by atoms with E-state index in [0.29, 0.717) is 11.5 Å². The van der Waals surface area contributed by atoms with E-state index in [1.54, 1.807) is 13.8 Å². The van der Waals surface area contributed by atoms with Crippen LogP contribution in [0.3, 0.4) is 0 Å². The van der Waals surface area contributed by atoms with Crippen molar-refractivity contribution in [2.45, 2.75) is 27.2 Å². The topological polar surface area (TPSA) is 63.3 Å². The van der Waals surface area contributed by atoms with Crippen molar-refractivity contribution in [3.63, 3.8) is 0 Å². The molecule has 0 saturated carbocycles. The molecule has 90 valence electrons. The van der Waals surface area contributed by atoms with E-state index in [2.05, 4.69) is 4.98 Å². The summed E-state index contributed by atoms with van der Waals surface area (Å²) < 4.78 is 5.56. The number of nitrogens with zero attached hydrogens (tertiary/aromatic N) is 1. The number of hydrogen-bond donors (Lipinski definition) is 1.